The molecular weight excluding hydrogens is 234 g/mol. The maximum Gasteiger partial charge on any atom is 0.154 e. The molecule has 0 atom stereocenters. The van der Waals surface area contributed by atoms with Gasteiger partial charge < -0.3 is 4.57 Å². The average Bonchev–Trinajstić information content (AvgIpc) is 2.38. The molecule has 1 aromatic carbocycles. The molecule has 0 bridgehead atoms. The van der Waals surface area contributed by atoms with Gasteiger partial charge in [0.05, 0.1) is 0 Å². The van der Waals surface area contributed by atoms with Crippen LogP contribution in [0.25, 0.3) is 6.08 Å². The Morgan fingerprint density at radius 2 is 1.56 bits per heavy atom. The van der Waals surface area contributed by atoms with Gasteiger partial charge in [-0.25, -0.2) is 0 Å². The Morgan fingerprint density at radius 3 is 1.94 bits per heavy atom. The first kappa shape index (κ1) is 15.2. The summed E-state index contributed by atoms with van der Waals surface area (Å²) < 4.78 is 2.72. The SMILES string of the molecule is C=Cc1ccc([Si](C)(C)N(CCC)CCC)cc1. The van der Waals surface area contributed by atoms with Crippen molar-refractivity contribution in [3.63, 3.8) is 0 Å². The van der Waals surface area contributed by atoms with E-state index in [2.05, 4.69) is 62.4 Å². The lowest BCUT2D eigenvalue weighted by atomic mass is 10.2. The van der Waals surface area contributed by atoms with Gasteiger partial charge in [0, 0.05) is 0 Å². The summed E-state index contributed by atoms with van der Waals surface area (Å²) in [4.78, 5) is 0. The topological polar surface area (TPSA) is 3.24 Å². The van der Waals surface area contributed by atoms with Crippen molar-refractivity contribution >= 4 is 19.5 Å². The minimum Gasteiger partial charge on any atom is -0.320 e. The van der Waals surface area contributed by atoms with Crippen LogP contribution in [0.5, 0.6) is 0 Å². The molecule has 0 saturated carbocycles. The Hall–Kier alpha value is -0.863. The molecule has 0 spiro atoms. The fourth-order valence-corrected chi connectivity index (χ4v) is 5.33. The molecule has 0 aliphatic carbocycles. The van der Waals surface area contributed by atoms with Gasteiger partial charge in [-0.1, -0.05) is 63.9 Å². The predicted molar refractivity (Wildman–Crippen MR) is 85.8 cm³/mol. The summed E-state index contributed by atoms with van der Waals surface area (Å²) in [7, 11) is -1.49. The second kappa shape index (κ2) is 6.91. The van der Waals surface area contributed by atoms with Crippen LogP contribution in [-0.2, 0) is 0 Å². The second-order valence-corrected chi connectivity index (χ2v) is 9.70. The Kier molecular flexibility index (Phi) is 5.83. The smallest absolute Gasteiger partial charge is 0.154 e. The summed E-state index contributed by atoms with van der Waals surface area (Å²) >= 11 is 0. The minimum atomic E-state index is -1.49. The van der Waals surface area contributed by atoms with E-state index in [-0.39, 0.29) is 0 Å². The minimum absolute atomic E-state index is 1.21. The standard InChI is InChI=1S/C16H27NSi/c1-6-13-17(14-7-2)18(4,5)16-11-9-15(8-3)10-12-16/h8-12H,3,6-7,13-14H2,1-2,4-5H3. The number of hydrogen-bond donors (Lipinski definition) is 0. The first-order valence-electron chi connectivity index (χ1n) is 7.04. The van der Waals surface area contributed by atoms with Gasteiger partial charge in [0.25, 0.3) is 0 Å². The van der Waals surface area contributed by atoms with Crippen LogP contribution in [0.15, 0.2) is 30.8 Å². The highest BCUT2D eigenvalue weighted by atomic mass is 28.3. The summed E-state index contributed by atoms with van der Waals surface area (Å²) in [5, 5.41) is 1.52. The third-order valence-electron chi connectivity index (χ3n) is 3.63. The summed E-state index contributed by atoms with van der Waals surface area (Å²) in [6, 6.07) is 8.96. The molecule has 0 fully saturated rings. The molecule has 2 heteroatoms. The molecule has 0 radical (unpaired) electrons. The zero-order valence-corrected chi connectivity index (χ0v) is 13.4. The van der Waals surface area contributed by atoms with Crippen molar-refractivity contribution in [2.75, 3.05) is 13.1 Å². The van der Waals surface area contributed by atoms with Crippen molar-refractivity contribution in [3.05, 3.63) is 36.4 Å². The highest BCUT2D eigenvalue weighted by Gasteiger charge is 2.30. The van der Waals surface area contributed by atoms with Gasteiger partial charge in [-0.15, -0.1) is 0 Å². The molecular formula is C16H27NSi. The molecule has 0 amide bonds. The van der Waals surface area contributed by atoms with Gasteiger partial charge in [0.15, 0.2) is 8.24 Å². The Bertz CT molecular complexity index is 361. The monoisotopic (exact) mass is 261 g/mol. The third kappa shape index (κ3) is 3.56. The lowest BCUT2D eigenvalue weighted by Crippen LogP contribution is -2.58. The second-order valence-electron chi connectivity index (χ2n) is 5.37. The fourth-order valence-electron chi connectivity index (χ4n) is 2.42. The van der Waals surface area contributed by atoms with Crippen LogP contribution in [0, 0.1) is 0 Å². The quantitative estimate of drug-likeness (QED) is 0.674. The molecule has 18 heavy (non-hydrogen) atoms. The van der Waals surface area contributed by atoms with Crippen LogP contribution >= 0.6 is 0 Å². The molecule has 0 unspecified atom stereocenters. The maximum atomic E-state index is 3.82. The van der Waals surface area contributed by atoms with Crippen LogP contribution in [0.2, 0.25) is 13.1 Å². The van der Waals surface area contributed by atoms with Crippen molar-refractivity contribution in [1.29, 1.82) is 0 Å². The fraction of sp³-hybridized carbons (Fsp3) is 0.500. The normalized spacial score (nSPS) is 11.8. The van der Waals surface area contributed by atoms with E-state index in [4.69, 9.17) is 0 Å². The Balaban J connectivity index is 2.96. The molecule has 0 N–H and O–H groups in total. The van der Waals surface area contributed by atoms with E-state index >= 15 is 0 Å². The van der Waals surface area contributed by atoms with Crippen LogP contribution in [-0.4, -0.2) is 25.9 Å². The molecule has 0 aliphatic rings. The first-order chi connectivity index (χ1) is 8.56. The van der Waals surface area contributed by atoms with Gasteiger partial charge in [0.1, 0.15) is 0 Å². The van der Waals surface area contributed by atoms with E-state index < -0.39 is 8.24 Å². The number of rotatable bonds is 7. The lowest BCUT2D eigenvalue weighted by molar-refractivity contribution is 0.424. The van der Waals surface area contributed by atoms with Gasteiger partial charge >= 0.3 is 0 Å². The molecule has 0 aliphatic heterocycles. The average molecular weight is 261 g/mol. The largest absolute Gasteiger partial charge is 0.320 e. The summed E-state index contributed by atoms with van der Waals surface area (Å²) in [5.74, 6) is 0. The van der Waals surface area contributed by atoms with Gasteiger partial charge in [-0.05, 0) is 36.7 Å². The number of benzene rings is 1. The maximum absolute atomic E-state index is 3.82. The lowest BCUT2D eigenvalue weighted by Gasteiger charge is -2.37. The highest BCUT2D eigenvalue weighted by molar-refractivity contribution is 6.87. The first-order valence-corrected chi connectivity index (χ1v) is 9.99. The molecule has 1 nitrogen and oxygen atoms in total. The van der Waals surface area contributed by atoms with Crippen molar-refractivity contribution in [1.82, 2.24) is 4.57 Å². The Labute approximate surface area is 114 Å². The summed E-state index contributed by atoms with van der Waals surface area (Å²) in [5.41, 5.74) is 1.21. The third-order valence-corrected chi connectivity index (χ3v) is 7.41. The van der Waals surface area contributed by atoms with Crippen LogP contribution in [0.3, 0.4) is 0 Å². The van der Waals surface area contributed by atoms with Crippen LogP contribution < -0.4 is 5.19 Å². The number of nitrogens with zero attached hydrogens (tertiary/aromatic N) is 1. The molecule has 0 saturated heterocycles. The van der Waals surface area contributed by atoms with E-state index in [1.54, 1.807) is 0 Å². The van der Waals surface area contributed by atoms with Gasteiger partial charge in [0.2, 0.25) is 0 Å². The van der Waals surface area contributed by atoms with Gasteiger partial charge in [-0.3, -0.25) is 0 Å². The van der Waals surface area contributed by atoms with Crippen molar-refractivity contribution in [2.24, 2.45) is 0 Å². The van der Waals surface area contributed by atoms with E-state index in [9.17, 15) is 0 Å². The number of hydrogen-bond acceptors (Lipinski definition) is 1. The van der Waals surface area contributed by atoms with E-state index in [0.29, 0.717) is 0 Å². The highest BCUT2D eigenvalue weighted by Crippen LogP contribution is 2.13. The zero-order valence-electron chi connectivity index (χ0n) is 12.4. The zero-order chi connectivity index (χ0) is 13.6. The van der Waals surface area contributed by atoms with Gasteiger partial charge in [-0.2, -0.15) is 0 Å². The summed E-state index contributed by atoms with van der Waals surface area (Å²) in [6.07, 6.45) is 4.39. The molecule has 0 aromatic heterocycles. The molecule has 100 valence electrons. The van der Waals surface area contributed by atoms with Crippen molar-refractivity contribution in [2.45, 2.75) is 39.8 Å². The van der Waals surface area contributed by atoms with Crippen LogP contribution in [0.4, 0.5) is 0 Å². The summed E-state index contributed by atoms with van der Waals surface area (Å²) in [6.45, 7) is 15.7. The van der Waals surface area contributed by atoms with Crippen molar-refractivity contribution < 1.29 is 0 Å². The Morgan fingerprint density at radius 1 is 1.06 bits per heavy atom. The predicted octanol–water partition coefficient (Wildman–Crippen LogP) is 3.86. The van der Waals surface area contributed by atoms with E-state index in [0.717, 1.165) is 0 Å². The van der Waals surface area contributed by atoms with E-state index in [1.807, 2.05) is 6.08 Å². The molecule has 1 aromatic rings. The van der Waals surface area contributed by atoms with Crippen LogP contribution in [0.1, 0.15) is 32.3 Å². The molecule has 1 rings (SSSR count). The molecule has 0 heterocycles. The van der Waals surface area contributed by atoms with E-state index in [1.165, 1.54) is 36.7 Å². The van der Waals surface area contributed by atoms with Crippen molar-refractivity contribution in [3.8, 4) is 0 Å².